The Morgan fingerprint density at radius 1 is 0.571 bits per heavy atom. The molecule has 0 aliphatic rings. The Labute approximate surface area is 132 Å². The summed E-state index contributed by atoms with van der Waals surface area (Å²) in [6, 6.07) is 30.6. The number of rotatable bonds is 4. The second-order valence-electron chi connectivity index (χ2n) is 4.70. The van der Waals surface area contributed by atoms with Gasteiger partial charge in [-0.2, -0.15) is 0 Å². The highest BCUT2D eigenvalue weighted by Crippen LogP contribution is 2.33. The maximum atomic E-state index is 2.28. The summed E-state index contributed by atoms with van der Waals surface area (Å²) in [4.78, 5) is 1.31. The van der Waals surface area contributed by atoms with Gasteiger partial charge in [-0.1, -0.05) is 72.8 Å². The van der Waals surface area contributed by atoms with E-state index in [0.29, 0.717) is 0 Å². The van der Waals surface area contributed by atoms with Crippen molar-refractivity contribution < 1.29 is 0 Å². The van der Waals surface area contributed by atoms with Crippen LogP contribution in [0.3, 0.4) is 0 Å². The van der Waals surface area contributed by atoms with Gasteiger partial charge in [0, 0.05) is 4.90 Å². The monoisotopic (exact) mass is 308 g/mol. The highest BCUT2D eigenvalue weighted by Gasteiger charge is 2.15. The van der Waals surface area contributed by atoms with E-state index in [9.17, 15) is 0 Å². The molecule has 21 heavy (non-hydrogen) atoms. The average Bonchev–Trinajstić information content (AvgIpc) is 2.58. The first-order valence-corrected chi connectivity index (χ1v) is 9.49. The smallest absolute Gasteiger partial charge is 0.00695 e. The van der Waals surface area contributed by atoms with Crippen molar-refractivity contribution in [2.45, 2.75) is 4.90 Å². The van der Waals surface area contributed by atoms with Gasteiger partial charge in [0.15, 0.2) is 0 Å². The molecule has 0 saturated carbocycles. The molecule has 0 fully saturated rings. The first kappa shape index (κ1) is 14.4. The van der Waals surface area contributed by atoms with Crippen LogP contribution in [0.25, 0.3) is 0 Å². The van der Waals surface area contributed by atoms with Gasteiger partial charge in [-0.3, -0.25) is 0 Å². The van der Waals surface area contributed by atoms with Crippen LogP contribution in [0.2, 0.25) is 0 Å². The summed E-state index contributed by atoms with van der Waals surface area (Å²) < 4.78 is 0. The minimum Gasteiger partial charge on any atom is -0.130 e. The van der Waals surface area contributed by atoms with E-state index in [1.54, 1.807) is 11.8 Å². The zero-order valence-electron chi connectivity index (χ0n) is 11.9. The van der Waals surface area contributed by atoms with Crippen molar-refractivity contribution in [1.82, 2.24) is 0 Å². The molecule has 0 heterocycles. The van der Waals surface area contributed by atoms with Gasteiger partial charge in [0.1, 0.15) is 0 Å². The van der Waals surface area contributed by atoms with Crippen molar-refractivity contribution in [3.05, 3.63) is 84.9 Å². The average molecular weight is 308 g/mol. The topological polar surface area (TPSA) is 0 Å². The van der Waals surface area contributed by atoms with Crippen LogP contribution in [-0.4, -0.2) is 6.26 Å². The fourth-order valence-corrected chi connectivity index (χ4v) is 5.02. The van der Waals surface area contributed by atoms with Crippen LogP contribution in [0.5, 0.6) is 0 Å². The molecule has 0 N–H and O–H groups in total. The fraction of sp³-hybridized carbons (Fsp3) is 0.0526. The van der Waals surface area contributed by atoms with E-state index in [1.807, 2.05) is 0 Å². The molecule has 104 valence electrons. The van der Waals surface area contributed by atoms with E-state index in [2.05, 4.69) is 91.2 Å². The molecule has 0 aromatic heterocycles. The number of thioether (sulfide) groups is 1. The van der Waals surface area contributed by atoms with Crippen LogP contribution in [0, 0.1) is 0 Å². The van der Waals surface area contributed by atoms with Crippen molar-refractivity contribution in [2.75, 3.05) is 6.26 Å². The van der Waals surface area contributed by atoms with E-state index in [1.165, 1.54) is 20.8 Å². The zero-order chi connectivity index (χ0) is 14.5. The highest BCUT2D eigenvalue weighted by molar-refractivity contribution is 7.98. The lowest BCUT2D eigenvalue weighted by atomic mass is 10.3. The van der Waals surface area contributed by atoms with Crippen molar-refractivity contribution in [3.63, 3.8) is 0 Å². The first-order chi connectivity index (χ1) is 10.4. The van der Waals surface area contributed by atoms with Gasteiger partial charge in [-0.15, -0.1) is 11.8 Å². The normalized spacial score (nSPS) is 10.8. The summed E-state index contributed by atoms with van der Waals surface area (Å²) in [7, 11) is -0.473. The van der Waals surface area contributed by atoms with E-state index >= 15 is 0 Å². The molecule has 3 rings (SSSR count). The second kappa shape index (κ2) is 6.93. The molecule has 0 radical (unpaired) electrons. The third-order valence-electron chi connectivity index (χ3n) is 3.36. The molecule has 3 aromatic rings. The van der Waals surface area contributed by atoms with Crippen LogP contribution < -0.4 is 15.9 Å². The Hall–Kier alpha value is -1.56. The lowest BCUT2D eigenvalue weighted by Crippen LogP contribution is -2.20. The molecule has 0 atom stereocenters. The molecule has 3 aromatic carbocycles. The van der Waals surface area contributed by atoms with Crippen LogP contribution in [0.4, 0.5) is 0 Å². The Balaban J connectivity index is 2.07. The summed E-state index contributed by atoms with van der Waals surface area (Å²) in [5.74, 6) is 0. The Kier molecular flexibility index (Phi) is 4.75. The molecule has 2 heteroatoms. The Morgan fingerprint density at radius 2 is 1.00 bits per heavy atom. The summed E-state index contributed by atoms with van der Waals surface area (Å²) in [6.07, 6.45) is 2.12. The third-order valence-corrected chi connectivity index (χ3v) is 6.55. The molecule has 0 saturated heterocycles. The lowest BCUT2D eigenvalue weighted by molar-refractivity contribution is 1.49. The van der Waals surface area contributed by atoms with Crippen molar-refractivity contribution in [2.24, 2.45) is 0 Å². The quantitative estimate of drug-likeness (QED) is 0.515. The summed E-state index contributed by atoms with van der Waals surface area (Å²) in [5, 5.41) is 4.20. The number of benzene rings is 3. The van der Waals surface area contributed by atoms with Crippen LogP contribution in [-0.2, 0) is 0 Å². The predicted octanol–water partition coefficient (Wildman–Crippen LogP) is 4.17. The van der Waals surface area contributed by atoms with Crippen molar-refractivity contribution >= 4 is 35.6 Å². The standard InChI is InChI=1S/C19H17PS/c1-21-19-14-12-18(13-15-19)20(16-8-4-2-5-9-16)17-10-6-3-7-11-17/h2-15H,1H3. The molecule has 0 amide bonds. The number of hydrogen-bond acceptors (Lipinski definition) is 1. The zero-order valence-corrected chi connectivity index (χ0v) is 13.6. The first-order valence-electron chi connectivity index (χ1n) is 6.93. The van der Waals surface area contributed by atoms with Crippen molar-refractivity contribution in [1.29, 1.82) is 0 Å². The van der Waals surface area contributed by atoms with Gasteiger partial charge in [-0.25, -0.2) is 0 Å². The van der Waals surface area contributed by atoms with E-state index in [4.69, 9.17) is 0 Å². The van der Waals surface area contributed by atoms with Gasteiger partial charge in [0.2, 0.25) is 0 Å². The van der Waals surface area contributed by atoms with Gasteiger partial charge in [-0.05, 0) is 42.2 Å². The summed E-state index contributed by atoms with van der Waals surface area (Å²) in [6.45, 7) is 0. The predicted molar refractivity (Wildman–Crippen MR) is 96.9 cm³/mol. The Morgan fingerprint density at radius 3 is 1.43 bits per heavy atom. The summed E-state index contributed by atoms with van der Waals surface area (Å²) in [5.41, 5.74) is 0. The minimum absolute atomic E-state index is 0.473. The molecule has 0 spiro atoms. The second-order valence-corrected chi connectivity index (χ2v) is 7.80. The minimum atomic E-state index is -0.473. The maximum Gasteiger partial charge on any atom is 0.00695 e. The maximum absolute atomic E-state index is 2.28. The van der Waals surface area contributed by atoms with Crippen molar-refractivity contribution in [3.8, 4) is 0 Å². The van der Waals surface area contributed by atoms with Crippen LogP contribution >= 0.6 is 19.7 Å². The molecule has 0 nitrogen and oxygen atoms in total. The number of hydrogen-bond donors (Lipinski definition) is 0. The third kappa shape index (κ3) is 3.37. The molecule has 0 aliphatic heterocycles. The van der Waals surface area contributed by atoms with Gasteiger partial charge >= 0.3 is 0 Å². The largest absolute Gasteiger partial charge is 0.130 e. The summed E-state index contributed by atoms with van der Waals surface area (Å²) >= 11 is 1.79. The molecular formula is C19H17PS. The molecule has 0 bridgehead atoms. The molecule has 0 aliphatic carbocycles. The molecule has 0 unspecified atom stereocenters. The van der Waals surface area contributed by atoms with Gasteiger partial charge in [0.05, 0.1) is 0 Å². The fourth-order valence-electron chi connectivity index (χ4n) is 2.33. The highest BCUT2D eigenvalue weighted by atomic mass is 32.2. The molecular weight excluding hydrogens is 291 g/mol. The van der Waals surface area contributed by atoms with E-state index in [-0.39, 0.29) is 0 Å². The Bertz CT molecular complexity index is 638. The van der Waals surface area contributed by atoms with E-state index in [0.717, 1.165) is 0 Å². The van der Waals surface area contributed by atoms with Gasteiger partial charge in [0.25, 0.3) is 0 Å². The van der Waals surface area contributed by atoms with Crippen LogP contribution in [0.1, 0.15) is 0 Å². The van der Waals surface area contributed by atoms with E-state index < -0.39 is 7.92 Å². The van der Waals surface area contributed by atoms with Crippen LogP contribution in [0.15, 0.2) is 89.8 Å². The SMILES string of the molecule is CSc1ccc(P(c2ccccc2)c2ccccc2)cc1. The lowest BCUT2D eigenvalue weighted by Gasteiger charge is -2.19. The van der Waals surface area contributed by atoms with Gasteiger partial charge < -0.3 is 0 Å².